The number of aliphatic hydroxyl groups is 2. The van der Waals surface area contributed by atoms with Crippen LogP contribution >= 0.6 is 0 Å². The maximum Gasteiger partial charge on any atom is 0.254 e. The summed E-state index contributed by atoms with van der Waals surface area (Å²) < 4.78 is 0. The fourth-order valence-electron chi connectivity index (χ4n) is 1.53. The van der Waals surface area contributed by atoms with Gasteiger partial charge in [-0.3, -0.25) is 4.79 Å². The lowest BCUT2D eigenvalue weighted by Crippen LogP contribution is -2.47. The predicted molar refractivity (Wildman–Crippen MR) is 78.3 cm³/mol. The van der Waals surface area contributed by atoms with E-state index in [0.717, 1.165) is 5.56 Å². The Hall–Kier alpha value is -1.83. The zero-order valence-corrected chi connectivity index (χ0v) is 12.2. The summed E-state index contributed by atoms with van der Waals surface area (Å²) in [5.41, 5.74) is 0.652. The lowest BCUT2D eigenvalue weighted by Gasteiger charge is -2.34. The first-order valence-electron chi connectivity index (χ1n) is 6.51. The van der Waals surface area contributed by atoms with Crippen molar-refractivity contribution in [3.63, 3.8) is 0 Å². The van der Waals surface area contributed by atoms with Gasteiger partial charge in [0.1, 0.15) is 0 Å². The Morgan fingerprint density at radius 2 is 2.05 bits per heavy atom. The molecule has 0 heterocycles. The van der Waals surface area contributed by atoms with Crippen molar-refractivity contribution in [3.8, 4) is 11.8 Å². The summed E-state index contributed by atoms with van der Waals surface area (Å²) in [5, 5.41) is 18.0. The Bertz CT molecular complexity index is 526. The van der Waals surface area contributed by atoms with Crippen LogP contribution in [0.15, 0.2) is 24.3 Å². The lowest BCUT2D eigenvalue weighted by molar-refractivity contribution is 0.0473. The highest BCUT2D eigenvalue weighted by molar-refractivity contribution is 5.94. The molecular formula is C16H21NO3. The van der Waals surface area contributed by atoms with Crippen molar-refractivity contribution in [2.45, 2.75) is 25.8 Å². The van der Waals surface area contributed by atoms with Gasteiger partial charge in [-0.15, -0.1) is 0 Å². The third-order valence-corrected chi connectivity index (χ3v) is 3.18. The minimum Gasteiger partial charge on any atom is -0.395 e. The minimum atomic E-state index is -0.615. The monoisotopic (exact) mass is 275 g/mol. The molecule has 0 unspecified atom stereocenters. The molecule has 0 saturated heterocycles. The van der Waals surface area contributed by atoms with E-state index in [4.69, 9.17) is 5.11 Å². The average molecular weight is 275 g/mol. The number of hydrogen-bond donors (Lipinski definition) is 2. The molecule has 2 N–H and O–H groups in total. The first-order chi connectivity index (χ1) is 9.42. The van der Waals surface area contributed by atoms with E-state index in [1.807, 2.05) is 6.07 Å². The first-order valence-corrected chi connectivity index (χ1v) is 6.51. The molecule has 0 aliphatic heterocycles. The molecule has 0 aliphatic rings. The van der Waals surface area contributed by atoms with Crippen molar-refractivity contribution in [2.24, 2.45) is 0 Å². The summed E-state index contributed by atoms with van der Waals surface area (Å²) in [7, 11) is 1.67. The van der Waals surface area contributed by atoms with Crippen LogP contribution in [-0.2, 0) is 0 Å². The van der Waals surface area contributed by atoms with Crippen molar-refractivity contribution in [3.05, 3.63) is 35.4 Å². The molecule has 0 radical (unpaired) electrons. The number of rotatable bonds is 4. The zero-order valence-electron chi connectivity index (χ0n) is 12.2. The summed E-state index contributed by atoms with van der Waals surface area (Å²) >= 11 is 0. The summed E-state index contributed by atoms with van der Waals surface area (Å²) in [6.07, 6.45) is 0.412. The number of hydrogen-bond acceptors (Lipinski definition) is 3. The van der Waals surface area contributed by atoms with Crippen molar-refractivity contribution in [1.29, 1.82) is 0 Å². The van der Waals surface area contributed by atoms with Crippen molar-refractivity contribution in [2.75, 3.05) is 20.3 Å². The molecule has 20 heavy (non-hydrogen) atoms. The highest BCUT2D eigenvalue weighted by Gasteiger charge is 2.27. The topological polar surface area (TPSA) is 60.8 Å². The smallest absolute Gasteiger partial charge is 0.254 e. The summed E-state index contributed by atoms with van der Waals surface area (Å²) in [5.74, 6) is 5.57. The molecule has 0 bridgehead atoms. The Labute approximate surface area is 120 Å². The average Bonchev–Trinajstić information content (AvgIpc) is 2.46. The van der Waals surface area contributed by atoms with E-state index in [1.165, 1.54) is 4.90 Å². The molecule has 1 rings (SSSR count). The quantitative estimate of drug-likeness (QED) is 0.813. The van der Waals surface area contributed by atoms with Gasteiger partial charge in [0.15, 0.2) is 0 Å². The van der Waals surface area contributed by atoms with Crippen molar-refractivity contribution >= 4 is 5.91 Å². The molecule has 0 aliphatic carbocycles. The maximum absolute atomic E-state index is 12.4. The van der Waals surface area contributed by atoms with Crippen LogP contribution in [0.3, 0.4) is 0 Å². The van der Waals surface area contributed by atoms with E-state index >= 15 is 0 Å². The fraction of sp³-hybridized carbons (Fsp3) is 0.438. The molecule has 4 heteroatoms. The van der Waals surface area contributed by atoms with Gasteiger partial charge in [0.2, 0.25) is 0 Å². The van der Waals surface area contributed by atoms with Gasteiger partial charge < -0.3 is 15.1 Å². The summed E-state index contributed by atoms with van der Waals surface area (Å²) in [6, 6.07) is 7.04. The van der Waals surface area contributed by atoms with Gasteiger partial charge in [-0.1, -0.05) is 17.9 Å². The van der Waals surface area contributed by atoms with E-state index in [-0.39, 0.29) is 19.1 Å². The van der Waals surface area contributed by atoms with Crippen LogP contribution in [0.1, 0.15) is 36.2 Å². The first kappa shape index (κ1) is 16.2. The van der Waals surface area contributed by atoms with Gasteiger partial charge in [0.25, 0.3) is 5.91 Å². The van der Waals surface area contributed by atoms with Gasteiger partial charge in [-0.25, -0.2) is 0 Å². The third kappa shape index (κ3) is 4.09. The Balaban J connectivity index is 2.95. The van der Waals surface area contributed by atoms with Gasteiger partial charge in [-0.05, 0) is 32.0 Å². The van der Waals surface area contributed by atoms with E-state index < -0.39 is 5.54 Å². The van der Waals surface area contributed by atoms with Crippen LogP contribution in [0, 0.1) is 11.8 Å². The van der Waals surface area contributed by atoms with E-state index in [0.29, 0.717) is 12.0 Å². The van der Waals surface area contributed by atoms with Gasteiger partial charge in [0, 0.05) is 24.6 Å². The Kier molecular flexibility index (Phi) is 5.75. The second kappa shape index (κ2) is 7.09. The van der Waals surface area contributed by atoms with Gasteiger partial charge in [0.05, 0.1) is 18.8 Å². The van der Waals surface area contributed by atoms with Crippen LogP contribution in [0.4, 0.5) is 0 Å². The Morgan fingerprint density at radius 3 is 2.65 bits per heavy atom. The zero-order chi connectivity index (χ0) is 15.2. The number of benzene rings is 1. The summed E-state index contributed by atoms with van der Waals surface area (Å²) in [4.78, 5) is 13.9. The van der Waals surface area contributed by atoms with Crippen molar-refractivity contribution < 1.29 is 15.0 Å². The normalized spacial score (nSPS) is 10.7. The molecule has 0 atom stereocenters. The molecule has 1 amide bonds. The molecule has 4 nitrogen and oxygen atoms in total. The van der Waals surface area contributed by atoms with Crippen LogP contribution in [0.5, 0.6) is 0 Å². The highest BCUT2D eigenvalue weighted by atomic mass is 16.3. The fourth-order valence-corrected chi connectivity index (χ4v) is 1.53. The molecular weight excluding hydrogens is 254 g/mol. The number of likely N-dealkylation sites (N-methyl/N-ethyl adjacent to an activating group) is 1. The van der Waals surface area contributed by atoms with Crippen molar-refractivity contribution in [1.82, 2.24) is 4.90 Å². The second-order valence-electron chi connectivity index (χ2n) is 5.19. The molecule has 108 valence electrons. The van der Waals surface area contributed by atoms with Gasteiger partial charge >= 0.3 is 0 Å². The molecule has 1 aromatic rings. The van der Waals surface area contributed by atoms with Gasteiger partial charge in [-0.2, -0.15) is 0 Å². The highest BCUT2D eigenvalue weighted by Crippen LogP contribution is 2.16. The van der Waals surface area contributed by atoms with Crippen LogP contribution < -0.4 is 0 Å². The number of amides is 1. The second-order valence-corrected chi connectivity index (χ2v) is 5.19. The van der Waals surface area contributed by atoms with Crippen LogP contribution in [0.2, 0.25) is 0 Å². The Morgan fingerprint density at radius 1 is 1.35 bits per heavy atom. The number of carbonyl (C=O) groups excluding carboxylic acids is 1. The SMILES string of the molecule is CN(C(=O)c1cccc(C#CCCO)c1)C(C)(C)CO. The summed E-state index contributed by atoms with van der Waals surface area (Å²) in [6.45, 7) is 3.52. The van der Waals surface area contributed by atoms with Crippen LogP contribution in [-0.4, -0.2) is 46.8 Å². The molecule has 1 aromatic carbocycles. The standard InChI is InChI=1S/C16H21NO3/c1-16(2,12-19)17(3)15(20)14-9-6-8-13(11-14)7-4-5-10-18/h6,8-9,11,18-19H,5,10,12H2,1-3H3. The predicted octanol–water partition coefficient (Wildman–Crippen LogP) is 1.26. The maximum atomic E-state index is 12.4. The van der Waals surface area contributed by atoms with E-state index in [2.05, 4.69) is 11.8 Å². The lowest BCUT2D eigenvalue weighted by atomic mass is 10.0. The minimum absolute atomic E-state index is 0.0268. The largest absolute Gasteiger partial charge is 0.395 e. The van der Waals surface area contributed by atoms with E-state index in [1.54, 1.807) is 39.1 Å². The molecule has 0 fully saturated rings. The molecule has 0 saturated carbocycles. The molecule has 0 aromatic heterocycles. The third-order valence-electron chi connectivity index (χ3n) is 3.18. The molecule has 0 spiro atoms. The van der Waals surface area contributed by atoms with E-state index in [9.17, 15) is 9.90 Å². The number of aliphatic hydroxyl groups excluding tert-OH is 2. The number of carbonyl (C=O) groups is 1. The van der Waals surface area contributed by atoms with Crippen LogP contribution in [0.25, 0.3) is 0 Å². The number of nitrogens with zero attached hydrogens (tertiary/aromatic N) is 1.